The third kappa shape index (κ3) is 4.35. The van der Waals surface area contributed by atoms with Gasteiger partial charge >= 0.3 is 0 Å². The van der Waals surface area contributed by atoms with Gasteiger partial charge in [0.2, 0.25) is 5.88 Å². The molecule has 0 amide bonds. The predicted octanol–water partition coefficient (Wildman–Crippen LogP) is 0.761. The average Bonchev–Trinajstić information content (AvgIpc) is 2.30. The Morgan fingerprint density at radius 3 is 2.88 bits per heavy atom. The molecule has 0 aliphatic rings. The molecule has 0 aliphatic heterocycles. The van der Waals surface area contributed by atoms with Crippen LogP contribution in [0.25, 0.3) is 0 Å². The lowest BCUT2D eigenvalue weighted by Crippen LogP contribution is -2.15. The van der Waals surface area contributed by atoms with Crippen LogP contribution in [0.2, 0.25) is 0 Å². The van der Waals surface area contributed by atoms with E-state index < -0.39 is 13.0 Å². The zero-order chi connectivity index (χ0) is 12.7. The Hall–Kier alpha value is -1.70. The minimum Gasteiger partial charge on any atom is -0.479 e. The Morgan fingerprint density at radius 2 is 2.24 bits per heavy atom. The molecule has 17 heavy (non-hydrogen) atoms. The number of aromatic nitrogens is 2. The summed E-state index contributed by atoms with van der Waals surface area (Å²) in [5.74, 6) is 0.647. The minimum atomic E-state index is -2.46. The largest absolute Gasteiger partial charge is 0.479 e. The van der Waals surface area contributed by atoms with E-state index in [1.165, 1.54) is 13.4 Å². The number of nitrogens with one attached hydrogen (secondary N) is 1. The number of nitrogens with two attached hydrogens (primary N) is 1. The second-order valence-electron chi connectivity index (χ2n) is 3.04. The maximum absolute atomic E-state index is 11.7. The molecule has 96 valence electrons. The van der Waals surface area contributed by atoms with Gasteiger partial charge in [-0.15, -0.1) is 0 Å². The molecule has 0 saturated carbocycles. The second-order valence-corrected chi connectivity index (χ2v) is 3.04. The SMILES string of the molecule is COc1ncnc(NCCOCC(F)F)c1N. The Labute approximate surface area is 97.1 Å². The molecule has 0 aromatic carbocycles. The number of ether oxygens (including phenoxy) is 2. The standard InChI is InChI=1S/C9H14F2N4O2/c1-16-9-7(12)8(14-5-15-9)13-2-3-17-4-6(10)11/h5-6H,2-4,12H2,1H3,(H,13,14,15). The van der Waals surface area contributed by atoms with E-state index >= 15 is 0 Å². The smallest absolute Gasteiger partial charge is 0.261 e. The van der Waals surface area contributed by atoms with Crippen LogP contribution in [-0.4, -0.2) is 43.3 Å². The summed E-state index contributed by atoms with van der Waals surface area (Å²) in [6.07, 6.45) is -1.17. The van der Waals surface area contributed by atoms with Crippen molar-refractivity contribution in [3.8, 4) is 5.88 Å². The Balaban J connectivity index is 2.36. The maximum Gasteiger partial charge on any atom is 0.261 e. The van der Waals surface area contributed by atoms with Gasteiger partial charge in [0.05, 0.1) is 13.7 Å². The summed E-state index contributed by atoms with van der Waals surface area (Å²) in [7, 11) is 1.44. The summed E-state index contributed by atoms with van der Waals surface area (Å²) in [5, 5.41) is 2.84. The fraction of sp³-hybridized carbons (Fsp3) is 0.556. The Bertz CT molecular complexity index is 352. The van der Waals surface area contributed by atoms with Crippen molar-refractivity contribution >= 4 is 11.5 Å². The third-order valence-corrected chi connectivity index (χ3v) is 1.82. The number of nitrogen functional groups attached to an aromatic ring is 1. The third-order valence-electron chi connectivity index (χ3n) is 1.82. The molecule has 8 heteroatoms. The number of anilines is 2. The highest BCUT2D eigenvalue weighted by Crippen LogP contribution is 2.23. The number of alkyl halides is 2. The summed E-state index contributed by atoms with van der Waals surface area (Å²) in [6.45, 7) is -0.128. The molecular weight excluding hydrogens is 234 g/mol. The maximum atomic E-state index is 11.7. The summed E-state index contributed by atoms with van der Waals surface area (Å²) < 4.78 is 33.1. The van der Waals surface area contributed by atoms with Gasteiger partial charge in [0.1, 0.15) is 18.6 Å². The van der Waals surface area contributed by atoms with Crippen LogP contribution < -0.4 is 15.8 Å². The van der Waals surface area contributed by atoms with Gasteiger partial charge in [-0.2, -0.15) is 4.98 Å². The number of nitrogens with zero attached hydrogens (tertiary/aromatic N) is 2. The molecule has 0 aliphatic carbocycles. The van der Waals surface area contributed by atoms with E-state index in [0.717, 1.165) is 0 Å². The summed E-state index contributed by atoms with van der Waals surface area (Å²) in [5.41, 5.74) is 5.95. The fourth-order valence-electron chi connectivity index (χ4n) is 1.10. The van der Waals surface area contributed by atoms with Crippen LogP contribution in [0.5, 0.6) is 5.88 Å². The Morgan fingerprint density at radius 1 is 1.47 bits per heavy atom. The quantitative estimate of drug-likeness (QED) is 0.693. The van der Waals surface area contributed by atoms with Crippen molar-refractivity contribution in [3.05, 3.63) is 6.33 Å². The van der Waals surface area contributed by atoms with Crippen LogP contribution in [0, 0.1) is 0 Å². The van der Waals surface area contributed by atoms with E-state index in [1.807, 2.05) is 0 Å². The lowest BCUT2D eigenvalue weighted by atomic mass is 10.4. The average molecular weight is 248 g/mol. The van der Waals surface area contributed by atoms with Crippen molar-refractivity contribution in [2.24, 2.45) is 0 Å². The van der Waals surface area contributed by atoms with Crippen LogP contribution in [0.4, 0.5) is 20.3 Å². The van der Waals surface area contributed by atoms with E-state index in [2.05, 4.69) is 20.0 Å². The summed E-state index contributed by atoms with van der Waals surface area (Å²) >= 11 is 0. The molecule has 1 aromatic heterocycles. The van der Waals surface area contributed by atoms with E-state index in [0.29, 0.717) is 12.4 Å². The highest BCUT2D eigenvalue weighted by Gasteiger charge is 2.07. The van der Waals surface area contributed by atoms with Gasteiger partial charge < -0.3 is 20.5 Å². The van der Waals surface area contributed by atoms with Gasteiger partial charge in [0, 0.05) is 6.54 Å². The van der Waals surface area contributed by atoms with Gasteiger partial charge in [-0.1, -0.05) is 0 Å². The van der Waals surface area contributed by atoms with Crippen LogP contribution in [0.1, 0.15) is 0 Å². The highest BCUT2D eigenvalue weighted by molar-refractivity contribution is 5.66. The number of halogens is 2. The second kappa shape index (κ2) is 6.79. The molecule has 0 atom stereocenters. The fourth-order valence-corrected chi connectivity index (χ4v) is 1.10. The van der Waals surface area contributed by atoms with Crippen molar-refractivity contribution < 1.29 is 18.3 Å². The molecule has 1 aromatic rings. The van der Waals surface area contributed by atoms with Gasteiger partial charge in [0.15, 0.2) is 5.82 Å². The number of rotatable bonds is 7. The first-order valence-electron chi connectivity index (χ1n) is 4.89. The topological polar surface area (TPSA) is 82.3 Å². The van der Waals surface area contributed by atoms with E-state index in [9.17, 15) is 8.78 Å². The molecule has 0 radical (unpaired) electrons. The van der Waals surface area contributed by atoms with Gasteiger partial charge in [-0.05, 0) is 0 Å². The van der Waals surface area contributed by atoms with E-state index in [4.69, 9.17) is 10.5 Å². The van der Waals surface area contributed by atoms with Crippen LogP contribution in [-0.2, 0) is 4.74 Å². The molecule has 3 N–H and O–H groups in total. The predicted molar refractivity (Wildman–Crippen MR) is 58.3 cm³/mol. The molecule has 0 unspecified atom stereocenters. The summed E-state index contributed by atoms with van der Waals surface area (Å²) in [4.78, 5) is 7.68. The van der Waals surface area contributed by atoms with Gasteiger partial charge in [0.25, 0.3) is 6.43 Å². The molecule has 0 fully saturated rings. The van der Waals surface area contributed by atoms with Crippen molar-refractivity contribution in [1.82, 2.24) is 9.97 Å². The van der Waals surface area contributed by atoms with Crippen LogP contribution in [0.15, 0.2) is 6.33 Å². The van der Waals surface area contributed by atoms with Crippen molar-refractivity contribution in [1.29, 1.82) is 0 Å². The number of hydrogen-bond donors (Lipinski definition) is 2. The molecule has 0 saturated heterocycles. The van der Waals surface area contributed by atoms with Crippen molar-refractivity contribution in [2.45, 2.75) is 6.43 Å². The molecule has 1 rings (SSSR count). The van der Waals surface area contributed by atoms with Crippen molar-refractivity contribution in [2.75, 3.05) is 37.9 Å². The molecular formula is C9H14F2N4O2. The van der Waals surface area contributed by atoms with Crippen molar-refractivity contribution in [3.63, 3.8) is 0 Å². The lowest BCUT2D eigenvalue weighted by molar-refractivity contribution is 0.0215. The molecule has 0 bridgehead atoms. The van der Waals surface area contributed by atoms with Crippen LogP contribution in [0.3, 0.4) is 0 Å². The van der Waals surface area contributed by atoms with E-state index in [-0.39, 0.29) is 18.2 Å². The highest BCUT2D eigenvalue weighted by atomic mass is 19.3. The number of hydrogen-bond acceptors (Lipinski definition) is 6. The zero-order valence-corrected chi connectivity index (χ0v) is 9.32. The first kappa shape index (κ1) is 13.4. The minimum absolute atomic E-state index is 0.135. The Kier molecular flexibility index (Phi) is 5.34. The molecule has 6 nitrogen and oxygen atoms in total. The van der Waals surface area contributed by atoms with Gasteiger partial charge in [-0.3, -0.25) is 0 Å². The normalized spacial score (nSPS) is 10.6. The molecule has 0 spiro atoms. The molecule has 1 heterocycles. The first-order valence-corrected chi connectivity index (χ1v) is 4.89. The lowest BCUT2D eigenvalue weighted by Gasteiger charge is -2.10. The first-order chi connectivity index (χ1) is 8.15. The monoisotopic (exact) mass is 248 g/mol. The van der Waals surface area contributed by atoms with E-state index in [1.54, 1.807) is 0 Å². The van der Waals surface area contributed by atoms with Crippen LogP contribution >= 0.6 is 0 Å². The number of methoxy groups -OCH3 is 1. The van der Waals surface area contributed by atoms with Gasteiger partial charge in [-0.25, -0.2) is 13.8 Å². The summed E-state index contributed by atoms with van der Waals surface area (Å²) in [6, 6.07) is 0. The zero-order valence-electron chi connectivity index (χ0n) is 9.32.